The molecule has 1 aromatic carbocycles. The monoisotopic (exact) mass is 285 g/mol. The molecule has 2 unspecified atom stereocenters. The Balaban J connectivity index is 2.42. The second kappa shape index (κ2) is 4.82. The molecule has 2 atom stereocenters. The molecule has 1 fully saturated rings. The lowest BCUT2D eigenvalue weighted by Gasteiger charge is -2.15. The SMILES string of the molecule is CS(=O)(=O)c1c(O)cccc1C1CC(C(=O)O)CN1. The van der Waals surface area contributed by atoms with Crippen LogP contribution in [0.25, 0.3) is 0 Å². The quantitative estimate of drug-likeness (QED) is 0.748. The number of carboxylic acid groups (broad SMARTS) is 1. The second-order valence-electron chi connectivity index (χ2n) is 4.70. The summed E-state index contributed by atoms with van der Waals surface area (Å²) in [4.78, 5) is 10.8. The summed E-state index contributed by atoms with van der Waals surface area (Å²) in [5.74, 6) is -1.75. The van der Waals surface area contributed by atoms with Crippen LogP contribution in [-0.2, 0) is 14.6 Å². The number of aromatic hydroxyl groups is 1. The number of phenolic OH excluding ortho intramolecular Hbond substituents is 1. The maximum absolute atomic E-state index is 11.7. The summed E-state index contributed by atoms with van der Waals surface area (Å²) in [5, 5.41) is 21.7. The molecule has 0 radical (unpaired) electrons. The number of nitrogens with one attached hydrogen (secondary N) is 1. The molecule has 1 saturated heterocycles. The van der Waals surface area contributed by atoms with Gasteiger partial charge in [-0.05, 0) is 18.1 Å². The van der Waals surface area contributed by atoms with Crippen LogP contribution in [0.5, 0.6) is 5.75 Å². The van der Waals surface area contributed by atoms with Gasteiger partial charge in [0, 0.05) is 18.8 Å². The van der Waals surface area contributed by atoms with Crippen molar-refractivity contribution in [3.8, 4) is 5.75 Å². The molecule has 0 saturated carbocycles. The van der Waals surface area contributed by atoms with Gasteiger partial charge in [-0.25, -0.2) is 8.42 Å². The van der Waals surface area contributed by atoms with E-state index in [9.17, 15) is 18.3 Å². The zero-order valence-corrected chi connectivity index (χ0v) is 11.1. The molecule has 7 heteroatoms. The van der Waals surface area contributed by atoms with E-state index in [1.54, 1.807) is 12.1 Å². The zero-order chi connectivity index (χ0) is 14.2. The minimum atomic E-state index is -3.58. The number of rotatable bonds is 3. The molecule has 0 spiro atoms. The van der Waals surface area contributed by atoms with Gasteiger partial charge in [0.05, 0.1) is 5.92 Å². The third-order valence-corrected chi connectivity index (χ3v) is 4.44. The van der Waals surface area contributed by atoms with Crippen LogP contribution in [0.1, 0.15) is 18.0 Å². The Kier molecular flexibility index (Phi) is 3.51. The molecule has 1 heterocycles. The lowest BCUT2D eigenvalue weighted by molar-refractivity contribution is -0.141. The molecular weight excluding hydrogens is 270 g/mol. The number of carboxylic acids is 1. The normalized spacial score (nSPS) is 23.4. The van der Waals surface area contributed by atoms with E-state index < -0.39 is 21.7 Å². The van der Waals surface area contributed by atoms with E-state index in [2.05, 4.69) is 5.32 Å². The van der Waals surface area contributed by atoms with E-state index >= 15 is 0 Å². The Morgan fingerprint density at radius 3 is 2.63 bits per heavy atom. The van der Waals surface area contributed by atoms with Crippen LogP contribution >= 0.6 is 0 Å². The van der Waals surface area contributed by atoms with Crippen LogP contribution < -0.4 is 5.32 Å². The van der Waals surface area contributed by atoms with Gasteiger partial charge in [-0.15, -0.1) is 0 Å². The molecule has 19 heavy (non-hydrogen) atoms. The lowest BCUT2D eigenvalue weighted by Crippen LogP contribution is -2.18. The van der Waals surface area contributed by atoms with Gasteiger partial charge in [0.25, 0.3) is 0 Å². The summed E-state index contributed by atoms with van der Waals surface area (Å²) in [6, 6.07) is 4.08. The van der Waals surface area contributed by atoms with E-state index in [0.29, 0.717) is 18.5 Å². The summed E-state index contributed by atoms with van der Waals surface area (Å²) >= 11 is 0. The van der Waals surface area contributed by atoms with Crippen LogP contribution in [0.4, 0.5) is 0 Å². The Morgan fingerprint density at radius 2 is 2.11 bits per heavy atom. The van der Waals surface area contributed by atoms with Crippen LogP contribution in [0.2, 0.25) is 0 Å². The molecule has 3 N–H and O–H groups in total. The standard InChI is InChI=1S/C12H15NO5S/c1-19(17,18)11-8(3-2-4-10(11)14)9-5-7(6-13-9)12(15)16/h2-4,7,9,13-14H,5-6H2,1H3,(H,15,16). The fraction of sp³-hybridized carbons (Fsp3) is 0.417. The summed E-state index contributed by atoms with van der Waals surface area (Å²) in [5.41, 5.74) is 0.422. The van der Waals surface area contributed by atoms with Gasteiger partial charge in [-0.2, -0.15) is 0 Å². The first-order chi connectivity index (χ1) is 8.80. The molecule has 0 bridgehead atoms. The van der Waals surface area contributed by atoms with Crippen LogP contribution in [0, 0.1) is 5.92 Å². The first-order valence-corrected chi connectivity index (χ1v) is 7.68. The van der Waals surface area contributed by atoms with Crippen molar-refractivity contribution in [2.45, 2.75) is 17.4 Å². The summed E-state index contributed by atoms with van der Waals surface area (Å²) in [6.45, 7) is 0.291. The first kappa shape index (κ1) is 13.8. The van der Waals surface area contributed by atoms with E-state index in [0.717, 1.165) is 6.26 Å². The van der Waals surface area contributed by atoms with Crippen molar-refractivity contribution in [1.82, 2.24) is 5.32 Å². The Bertz CT molecular complexity index is 611. The van der Waals surface area contributed by atoms with Gasteiger partial charge >= 0.3 is 5.97 Å². The molecule has 1 aromatic rings. The predicted octanol–water partition coefficient (Wildman–Crippen LogP) is 0.531. The van der Waals surface area contributed by atoms with E-state index in [-0.39, 0.29) is 16.7 Å². The van der Waals surface area contributed by atoms with Gasteiger partial charge < -0.3 is 15.5 Å². The molecule has 2 rings (SSSR count). The third kappa shape index (κ3) is 2.71. The summed E-state index contributed by atoms with van der Waals surface area (Å²) in [7, 11) is -3.58. The van der Waals surface area contributed by atoms with Crippen LogP contribution in [-0.4, -0.2) is 37.4 Å². The highest BCUT2D eigenvalue weighted by Crippen LogP contribution is 2.35. The topological polar surface area (TPSA) is 104 Å². The molecular formula is C12H15NO5S. The molecule has 1 aliphatic rings. The molecule has 1 aliphatic heterocycles. The van der Waals surface area contributed by atoms with Gasteiger partial charge in [-0.1, -0.05) is 12.1 Å². The molecule has 0 aliphatic carbocycles. The maximum atomic E-state index is 11.7. The second-order valence-corrected chi connectivity index (χ2v) is 6.65. The van der Waals surface area contributed by atoms with E-state index in [1.165, 1.54) is 6.07 Å². The number of hydrogen-bond acceptors (Lipinski definition) is 5. The van der Waals surface area contributed by atoms with Crippen LogP contribution in [0.3, 0.4) is 0 Å². The number of phenols is 1. The first-order valence-electron chi connectivity index (χ1n) is 5.79. The maximum Gasteiger partial charge on any atom is 0.307 e. The average Bonchev–Trinajstić information content (AvgIpc) is 2.75. The Hall–Kier alpha value is -1.60. The highest BCUT2D eigenvalue weighted by Gasteiger charge is 2.33. The highest BCUT2D eigenvalue weighted by molar-refractivity contribution is 7.90. The van der Waals surface area contributed by atoms with E-state index in [1.807, 2.05) is 0 Å². The minimum Gasteiger partial charge on any atom is -0.507 e. The van der Waals surface area contributed by atoms with Crippen molar-refractivity contribution < 1.29 is 23.4 Å². The van der Waals surface area contributed by atoms with Gasteiger partial charge in [-0.3, -0.25) is 4.79 Å². The van der Waals surface area contributed by atoms with Crippen molar-refractivity contribution in [1.29, 1.82) is 0 Å². The predicted molar refractivity (Wildman–Crippen MR) is 67.7 cm³/mol. The minimum absolute atomic E-state index is 0.126. The van der Waals surface area contributed by atoms with Crippen molar-refractivity contribution >= 4 is 15.8 Å². The molecule has 0 amide bonds. The number of carbonyl (C=O) groups is 1. The van der Waals surface area contributed by atoms with Gasteiger partial charge in [0.15, 0.2) is 9.84 Å². The largest absolute Gasteiger partial charge is 0.507 e. The summed E-state index contributed by atoms with van der Waals surface area (Å²) < 4.78 is 23.5. The number of aliphatic carboxylic acids is 1. The average molecular weight is 285 g/mol. The van der Waals surface area contributed by atoms with Gasteiger partial charge in [0.2, 0.25) is 0 Å². The number of hydrogen-bond donors (Lipinski definition) is 3. The highest BCUT2D eigenvalue weighted by atomic mass is 32.2. The van der Waals surface area contributed by atoms with Crippen LogP contribution in [0.15, 0.2) is 23.1 Å². The fourth-order valence-electron chi connectivity index (χ4n) is 2.38. The molecule has 0 aromatic heterocycles. The molecule has 6 nitrogen and oxygen atoms in total. The van der Waals surface area contributed by atoms with E-state index in [4.69, 9.17) is 5.11 Å². The van der Waals surface area contributed by atoms with Gasteiger partial charge in [0.1, 0.15) is 10.6 Å². The Labute approximate surface area is 111 Å². The smallest absolute Gasteiger partial charge is 0.307 e. The third-order valence-electron chi connectivity index (χ3n) is 3.25. The zero-order valence-electron chi connectivity index (χ0n) is 10.3. The van der Waals surface area contributed by atoms with Crippen molar-refractivity contribution in [2.75, 3.05) is 12.8 Å². The fourth-order valence-corrected chi connectivity index (χ4v) is 3.47. The summed E-state index contributed by atoms with van der Waals surface area (Å²) in [6.07, 6.45) is 1.33. The Morgan fingerprint density at radius 1 is 1.42 bits per heavy atom. The van der Waals surface area contributed by atoms with Crippen molar-refractivity contribution in [3.63, 3.8) is 0 Å². The molecule has 104 valence electrons. The van der Waals surface area contributed by atoms with Crippen molar-refractivity contribution in [2.24, 2.45) is 5.92 Å². The number of benzene rings is 1. The number of sulfone groups is 1. The lowest BCUT2D eigenvalue weighted by atomic mass is 10.00. The van der Waals surface area contributed by atoms with Crippen molar-refractivity contribution in [3.05, 3.63) is 23.8 Å².